The fraction of sp³-hybridized carbons (Fsp3) is 0.346. The number of benzene rings is 2. The molecule has 1 fully saturated rings. The molecule has 2 aromatic carbocycles. The monoisotopic (exact) mass is 558 g/mol. The Morgan fingerprint density at radius 3 is 2.47 bits per heavy atom. The Morgan fingerprint density at radius 1 is 1.16 bits per heavy atom. The van der Waals surface area contributed by atoms with Gasteiger partial charge in [-0.25, -0.2) is 27.7 Å². The third kappa shape index (κ3) is 6.50. The Bertz CT molecular complexity index is 1440. The SMILES string of the molecule is CC(C)OC(=O)Nc1ccc(-c2ncc(-c3ccc(N4CCOC4=O)cc3S(=O)(=O)NC(C)(C)C)s2)cc1. The van der Waals surface area contributed by atoms with Crippen LogP contribution in [-0.4, -0.2) is 50.4 Å². The zero-order valence-electron chi connectivity index (χ0n) is 21.8. The van der Waals surface area contributed by atoms with Crippen molar-refractivity contribution in [2.24, 2.45) is 0 Å². The van der Waals surface area contributed by atoms with Gasteiger partial charge in [0.05, 0.1) is 22.4 Å². The molecule has 1 aliphatic rings. The topological polar surface area (TPSA) is 127 Å². The minimum absolute atomic E-state index is 0.0445. The average Bonchev–Trinajstić information content (AvgIpc) is 3.46. The molecule has 12 heteroatoms. The van der Waals surface area contributed by atoms with Crippen molar-refractivity contribution in [3.8, 4) is 21.0 Å². The highest BCUT2D eigenvalue weighted by atomic mass is 32.2. The van der Waals surface area contributed by atoms with Crippen molar-refractivity contribution in [1.29, 1.82) is 0 Å². The largest absolute Gasteiger partial charge is 0.447 e. The van der Waals surface area contributed by atoms with Gasteiger partial charge in [-0.15, -0.1) is 11.3 Å². The maximum Gasteiger partial charge on any atom is 0.414 e. The van der Waals surface area contributed by atoms with E-state index < -0.39 is 27.7 Å². The highest BCUT2D eigenvalue weighted by Gasteiger charge is 2.29. The van der Waals surface area contributed by atoms with Gasteiger partial charge in [0.1, 0.15) is 11.6 Å². The first kappa shape index (κ1) is 27.6. The van der Waals surface area contributed by atoms with Gasteiger partial charge in [0.2, 0.25) is 10.0 Å². The Labute approximate surface area is 226 Å². The molecule has 0 atom stereocenters. The molecule has 2 N–H and O–H groups in total. The number of hydrogen-bond donors (Lipinski definition) is 2. The zero-order valence-corrected chi connectivity index (χ0v) is 23.4. The number of nitrogens with zero attached hydrogens (tertiary/aromatic N) is 2. The number of thiazole rings is 1. The molecule has 38 heavy (non-hydrogen) atoms. The van der Waals surface area contributed by atoms with Gasteiger partial charge in [-0.05, 0) is 71.0 Å². The molecule has 3 aromatic rings. The van der Waals surface area contributed by atoms with Crippen LogP contribution in [0.3, 0.4) is 0 Å². The van der Waals surface area contributed by atoms with Gasteiger partial charge in [-0.3, -0.25) is 10.2 Å². The van der Waals surface area contributed by atoms with Gasteiger partial charge in [-0.2, -0.15) is 0 Å². The number of hydrogen-bond acceptors (Lipinski definition) is 8. The van der Waals surface area contributed by atoms with E-state index >= 15 is 0 Å². The van der Waals surface area contributed by atoms with Crippen molar-refractivity contribution in [3.63, 3.8) is 0 Å². The van der Waals surface area contributed by atoms with Crippen molar-refractivity contribution in [2.75, 3.05) is 23.4 Å². The molecule has 1 aliphatic heterocycles. The van der Waals surface area contributed by atoms with Gasteiger partial charge < -0.3 is 9.47 Å². The lowest BCUT2D eigenvalue weighted by atomic mass is 10.1. The number of cyclic esters (lactones) is 1. The average molecular weight is 559 g/mol. The molecule has 0 spiro atoms. The Kier molecular flexibility index (Phi) is 7.77. The second-order valence-corrected chi connectivity index (χ2v) is 12.7. The predicted octanol–water partition coefficient (Wildman–Crippen LogP) is 5.47. The van der Waals surface area contributed by atoms with Gasteiger partial charge >= 0.3 is 12.2 Å². The third-order valence-corrected chi connectivity index (χ3v) is 8.14. The van der Waals surface area contributed by atoms with Crippen LogP contribution in [0.2, 0.25) is 0 Å². The standard InChI is InChI=1S/C26H30N4O6S2/c1-16(2)36-24(31)28-18-8-6-17(7-9-18)23-27-15-21(37-23)20-11-10-19(30-12-13-35-25(30)32)14-22(20)38(33,34)29-26(3,4)5/h6-11,14-16,29H,12-13H2,1-5H3,(H,28,31). The van der Waals surface area contributed by atoms with E-state index in [2.05, 4.69) is 15.0 Å². The number of anilines is 2. The fourth-order valence-corrected chi connectivity index (χ4v) is 6.47. The summed E-state index contributed by atoms with van der Waals surface area (Å²) in [5, 5.41) is 3.34. The summed E-state index contributed by atoms with van der Waals surface area (Å²) in [6.07, 6.45) is 0.350. The summed E-state index contributed by atoms with van der Waals surface area (Å²) in [6, 6.07) is 12.0. The lowest BCUT2D eigenvalue weighted by Gasteiger charge is -2.22. The van der Waals surface area contributed by atoms with Crippen LogP contribution in [0, 0.1) is 0 Å². The maximum absolute atomic E-state index is 13.5. The molecular formula is C26H30N4O6S2. The van der Waals surface area contributed by atoms with Gasteiger partial charge in [0.15, 0.2) is 0 Å². The molecule has 0 saturated carbocycles. The number of aromatic nitrogens is 1. The van der Waals surface area contributed by atoms with E-state index in [1.54, 1.807) is 65.1 Å². The van der Waals surface area contributed by atoms with E-state index in [-0.39, 0.29) is 17.6 Å². The van der Waals surface area contributed by atoms with Crippen LogP contribution in [0.1, 0.15) is 34.6 Å². The summed E-state index contributed by atoms with van der Waals surface area (Å²) in [4.78, 5) is 30.6. The number of carbonyl (C=O) groups is 2. The van der Waals surface area contributed by atoms with Crippen LogP contribution in [0.5, 0.6) is 0 Å². The minimum Gasteiger partial charge on any atom is -0.447 e. The highest BCUT2D eigenvalue weighted by Crippen LogP contribution is 2.38. The summed E-state index contributed by atoms with van der Waals surface area (Å²) in [7, 11) is -3.95. The van der Waals surface area contributed by atoms with Crippen molar-refractivity contribution >= 4 is 44.9 Å². The zero-order chi connectivity index (χ0) is 27.7. The first-order chi connectivity index (χ1) is 17.8. The third-order valence-electron chi connectivity index (χ3n) is 5.26. The van der Waals surface area contributed by atoms with E-state index in [0.29, 0.717) is 33.4 Å². The maximum atomic E-state index is 13.5. The summed E-state index contributed by atoms with van der Waals surface area (Å²) < 4.78 is 39.7. The fourth-order valence-electron chi connectivity index (χ4n) is 3.78. The summed E-state index contributed by atoms with van der Waals surface area (Å²) in [6.45, 7) is 9.41. The molecule has 0 aliphatic carbocycles. The number of amides is 2. The van der Waals surface area contributed by atoms with Crippen LogP contribution < -0.4 is 14.9 Å². The summed E-state index contributed by atoms with van der Waals surface area (Å²) in [5.41, 5.74) is 1.58. The highest BCUT2D eigenvalue weighted by molar-refractivity contribution is 7.89. The van der Waals surface area contributed by atoms with E-state index in [9.17, 15) is 18.0 Å². The van der Waals surface area contributed by atoms with E-state index in [1.807, 2.05) is 12.1 Å². The number of carbonyl (C=O) groups excluding carboxylic acids is 2. The van der Waals surface area contributed by atoms with Crippen LogP contribution in [-0.2, 0) is 19.5 Å². The Hall–Kier alpha value is -3.48. The lowest BCUT2D eigenvalue weighted by molar-refractivity contribution is 0.130. The van der Waals surface area contributed by atoms with Crippen LogP contribution in [0.4, 0.5) is 21.0 Å². The molecule has 2 amide bonds. The lowest BCUT2D eigenvalue weighted by Crippen LogP contribution is -2.40. The Balaban J connectivity index is 1.66. The van der Waals surface area contributed by atoms with Gasteiger partial charge in [-0.1, -0.05) is 6.07 Å². The molecule has 202 valence electrons. The van der Waals surface area contributed by atoms with Crippen LogP contribution in [0.25, 0.3) is 21.0 Å². The minimum atomic E-state index is -3.95. The van der Waals surface area contributed by atoms with Crippen LogP contribution >= 0.6 is 11.3 Å². The summed E-state index contributed by atoms with van der Waals surface area (Å²) >= 11 is 1.33. The van der Waals surface area contributed by atoms with E-state index in [0.717, 1.165) is 5.56 Å². The first-order valence-electron chi connectivity index (χ1n) is 12.0. The van der Waals surface area contributed by atoms with Crippen LogP contribution in [0.15, 0.2) is 53.6 Å². The smallest absolute Gasteiger partial charge is 0.414 e. The summed E-state index contributed by atoms with van der Waals surface area (Å²) in [5.74, 6) is 0. The number of sulfonamides is 1. The second kappa shape index (κ2) is 10.7. The molecule has 0 bridgehead atoms. The number of nitrogens with one attached hydrogen (secondary N) is 2. The van der Waals surface area contributed by atoms with E-state index in [1.165, 1.54) is 22.3 Å². The van der Waals surface area contributed by atoms with Crippen molar-refractivity contribution in [3.05, 3.63) is 48.7 Å². The molecule has 1 aromatic heterocycles. The molecular weight excluding hydrogens is 528 g/mol. The molecule has 4 rings (SSSR count). The van der Waals surface area contributed by atoms with Crippen molar-refractivity contribution < 1.29 is 27.5 Å². The molecule has 0 radical (unpaired) electrons. The Morgan fingerprint density at radius 2 is 1.87 bits per heavy atom. The quantitative estimate of drug-likeness (QED) is 0.394. The molecule has 2 heterocycles. The van der Waals surface area contributed by atoms with Gasteiger partial charge in [0, 0.05) is 34.2 Å². The van der Waals surface area contributed by atoms with E-state index in [4.69, 9.17) is 9.47 Å². The van der Waals surface area contributed by atoms with Crippen molar-refractivity contribution in [2.45, 2.75) is 51.2 Å². The molecule has 0 unspecified atom stereocenters. The normalized spacial score (nSPS) is 14.1. The molecule has 1 saturated heterocycles. The number of rotatable bonds is 7. The molecule has 10 nitrogen and oxygen atoms in total. The number of ether oxygens (including phenoxy) is 2. The second-order valence-electron chi connectivity index (χ2n) is 9.99. The van der Waals surface area contributed by atoms with Gasteiger partial charge in [0.25, 0.3) is 0 Å². The first-order valence-corrected chi connectivity index (χ1v) is 14.3. The van der Waals surface area contributed by atoms with Crippen molar-refractivity contribution in [1.82, 2.24) is 9.71 Å². The predicted molar refractivity (Wildman–Crippen MR) is 147 cm³/mol.